The fourth-order valence-electron chi connectivity index (χ4n) is 3.64. The number of carboxylic acid groups (broad SMARTS) is 3. The number of aliphatic carboxylic acids is 3. The number of imide groups is 1. The lowest BCUT2D eigenvalue weighted by Crippen LogP contribution is -2.51. The Balaban J connectivity index is 2.15. The van der Waals surface area contributed by atoms with Crippen LogP contribution in [0.1, 0.15) is 83.5 Å². The lowest BCUT2D eigenvalue weighted by molar-refractivity contribution is -0.197. The fourth-order valence-corrected chi connectivity index (χ4v) is 3.64. The first kappa shape index (κ1) is 33.8. The van der Waals surface area contributed by atoms with Gasteiger partial charge in [-0.25, -0.2) is 19.2 Å². The number of carbonyl (C=O) groups is 8. The molecule has 5 amide bonds. The zero-order valence-corrected chi connectivity index (χ0v) is 22.0. The van der Waals surface area contributed by atoms with Crippen LogP contribution in [0.3, 0.4) is 0 Å². The van der Waals surface area contributed by atoms with E-state index in [1.165, 1.54) is 0 Å². The Morgan fingerprint density at radius 3 is 1.82 bits per heavy atom. The average Bonchev–Trinajstić information content (AvgIpc) is 3.19. The zero-order valence-electron chi connectivity index (χ0n) is 22.0. The minimum absolute atomic E-state index is 0.0218. The third kappa shape index (κ3) is 14.1. The lowest BCUT2D eigenvalue weighted by Gasteiger charge is -2.18. The SMILES string of the molecule is O=C(O)CC[C@H](NC(=O)N[C@@H](CCCCNC(=O)CCCCCCC(=O)ON1C(=O)CCC1=O)C(=O)O)C(=O)O. The van der Waals surface area contributed by atoms with Gasteiger partial charge in [-0.15, -0.1) is 5.06 Å². The standard InChI is InChI=1S/C24H36N4O12/c29-17(8-3-1-2-4-9-21(34)40-28-18(30)11-12-19(28)31)25-14-6-5-7-15(22(35)36)26-24(39)27-16(23(37)38)10-13-20(32)33/h15-16H,1-14H2,(H,25,29)(H,32,33)(H,35,36)(H,37,38)(H2,26,27,39)/t15-,16-/m0/s1. The van der Waals surface area contributed by atoms with Crippen LogP contribution >= 0.6 is 0 Å². The molecule has 0 spiro atoms. The van der Waals surface area contributed by atoms with Gasteiger partial charge in [0.1, 0.15) is 12.1 Å². The molecule has 1 aliphatic heterocycles. The molecule has 224 valence electrons. The number of nitrogens with zero attached hydrogens (tertiary/aromatic N) is 1. The molecular weight excluding hydrogens is 536 g/mol. The summed E-state index contributed by atoms with van der Waals surface area (Å²) in [5.41, 5.74) is 0. The Bertz CT molecular complexity index is 938. The Morgan fingerprint density at radius 2 is 1.27 bits per heavy atom. The molecule has 0 saturated carbocycles. The van der Waals surface area contributed by atoms with Gasteiger partial charge in [-0.3, -0.25) is 19.2 Å². The second-order valence-corrected chi connectivity index (χ2v) is 9.14. The molecule has 0 bridgehead atoms. The van der Waals surface area contributed by atoms with Gasteiger partial charge < -0.3 is 36.1 Å². The number of hydroxylamine groups is 2. The molecule has 1 heterocycles. The van der Waals surface area contributed by atoms with E-state index in [-0.39, 0.29) is 51.0 Å². The van der Waals surface area contributed by atoms with Crippen molar-refractivity contribution in [2.75, 3.05) is 6.54 Å². The highest BCUT2D eigenvalue weighted by molar-refractivity contribution is 6.01. The lowest BCUT2D eigenvalue weighted by atomic mass is 10.1. The molecule has 40 heavy (non-hydrogen) atoms. The molecule has 1 rings (SSSR count). The second kappa shape index (κ2) is 18.1. The summed E-state index contributed by atoms with van der Waals surface area (Å²) in [6.45, 7) is 0.285. The summed E-state index contributed by atoms with van der Waals surface area (Å²) in [6.07, 6.45) is 2.67. The van der Waals surface area contributed by atoms with Gasteiger partial charge in [0.15, 0.2) is 0 Å². The predicted molar refractivity (Wildman–Crippen MR) is 133 cm³/mol. The van der Waals surface area contributed by atoms with Gasteiger partial charge >= 0.3 is 29.9 Å². The summed E-state index contributed by atoms with van der Waals surface area (Å²) < 4.78 is 0. The first-order valence-corrected chi connectivity index (χ1v) is 13.0. The molecule has 0 aromatic carbocycles. The van der Waals surface area contributed by atoms with Crippen LogP contribution in [0.2, 0.25) is 0 Å². The van der Waals surface area contributed by atoms with Crippen molar-refractivity contribution in [3.8, 4) is 0 Å². The van der Waals surface area contributed by atoms with E-state index >= 15 is 0 Å². The van der Waals surface area contributed by atoms with E-state index in [0.29, 0.717) is 43.6 Å². The van der Waals surface area contributed by atoms with Crippen molar-refractivity contribution in [1.29, 1.82) is 0 Å². The zero-order chi connectivity index (χ0) is 30.1. The molecule has 2 atom stereocenters. The van der Waals surface area contributed by atoms with Crippen LogP contribution in [0.5, 0.6) is 0 Å². The van der Waals surface area contributed by atoms with E-state index in [9.17, 15) is 43.5 Å². The summed E-state index contributed by atoms with van der Waals surface area (Å²) in [7, 11) is 0. The van der Waals surface area contributed by atoms with Gasteiger partial charge in [0, 0.05) is 38.6 Å². The molecule has 1 aliphatic rings. The Kier molecular flexibility index (Phi) is 15.3. The van der Waals surface area contributed by atoms with E-state index in [1.807, 2.05) is 5.32 Å². The molecule has 1 saturated heterocycles. The maximum Gasteiger partial charge on any atom is 0.333 e. The second-order valence-electron chi connectivity index (χ2n) is 9.14. The first-order valence-electron chi connectivity index (χ1n) is 13.0. The maximum absolute atomic E-state index is 12.0. The first-order chi connectivity index (χ1) is 18.9. The molecule has 0 aromatic rings. The van der Waals surface area contributed by atoms with Gasteiger partial charge in [-0.1, -0.05) is 12.8 Å². The number of amides is 5. The number of carbonyl (C=O) groups excluding carboxylic acids is 5. The van der Waals surface area contributed by atoms with Crippen molar-refractivity contribution in [2.45, 2.75) is 95.6 Å². The third-order valence-corrected chi connectivity index (χ3v) is 5.83. The minimum atomic E-state index is -1.49. The van der Waals surface area contributed by atoms with Crippen molar-refractivity contribution in [1.82, 2.24) is 21.0 Å². The van der Waals surface area contributed by atoms with Crippen LogP contribution in [0.4, 0.5) is 4.79 Å². The van der Waals surface area contributed by atoms with Crippen LogP contribution in [-0.4, -0.2) is 86.6 Å². The van der Waals surface area contributed by atoms with E-state index in [4.69, 9.17) is 15.1 Å². The fraction of sp³-hybridized carbons (Fsp3) is 0.667. The van der Waals surface area contributed by atoms with E-state index in [1.54, 1.807) is 0 Å². The van der Waals surface area contributed by atoms with E-state index in [0.717, 1.165) is 0 Å². The number of urea groups is 1. The smallest absolute Gasteiger partial charge is 0.333 e. The predicted octanol–water partition coefficient (Wildman–Crippen LogP) is 0.291. The molecule has 0 radical (unpaired) electrons. The number of hydrogen-bond acceptors (Lipinski definition) is 9. The minimum Gasteiger partial charge on any atom is -0.481 e. The molecular formula is C24H36N4O12. The van der Waals surface area contributed by atoms with Crippen molar-refractivity contribution < 1.29 is 58.5 Å². The number of hydrogen-bond donors (Lipinski definition) is 6. The van der Waals surface area contributed by atoms with Crippen LogP contribution in [0.25, 0.3) is 0 Å². The Labute approximate surface area is 229 Å². The summed E-state index contributed by atoms with van der Waals surface area (Å²) in [5.74, 6) is -5.95. The summed E-state index contributed by atoms with van der Waals surface area (Å²) in [4.78, 5) is 96.4. The number of unbranched alkanes of at least 4 members (excludes halogenated alkanes) is 4. The van der Waals surface area contributed by atoms with Crippen molar-refractivity contribution in [3.63, 3.8) is 0 Å². The van der Waals surface area contributed by atoms with Gasteiger partial charge in [0.25, 0.3) is 11.8 Å². The van der Waals surface area contributed by atoms with Crippen LogP contribution in [-0.2, 0) is 38.4 Å². The molecule has 0 unspecified atom stereocenters. The summed E-state index contributed by atoms with van der Waals surface area (Å²) >= 11 is 0. The average molecular weight is 573 g/mol. The Morgan fingerprint density at radius 1 is 0.725 bits per heavy atom. The normalized spacial score (nSPS) is 14.2. The molecule has 6 N–H and O–H groups in total. The molecule has 0 aromatic heterocycles. The summed E-state index contributed by atoms with van der Waals surface area (Å²) in [5, 5.41) is 34.4. The quantitative estimate of drug-likeness (QED) is 0.0851. The van der Waals surface area contributed by atoms with Crippen LogP contribution in [0.15, 0.2) is 0 Å². The number of carboxylic acids is 3. The third-order valence-electron chi connectivity index (χ3n) is 5.83. The maximum atomic E-state index is 12.0. The number of rotatable bonds is 20. The topological polar surface area (TPSA) is 246 Å². The molecule has 16 nitrogen and oxygen atoms in total. The van der Waals surface area contributed by atoms with Crippen LogP contribution in [0, 0.1) is 0 Å². The van der Waals surface area contributed by atoms with Gasteiger partial charge in [0.2, 0.25) is 5.91 Å². The molecule has 0 aliphatic carbocycles. The van der Waals surface area contributed by atoms with Crippen molar-refractivity contribution >= 4 is 47.6 Å². The van der Waals surface area contributed by atoms with Crippen molar-refractivity contribution in [3.05, 3.63) is 0 Å². The number of nitrogens with one attached hydrogen (secondary N) is 3. The van der Waals surface area contributed by atoms with Gasteiger partial charge in [-0.2, -0.15) is 0 Å². The van der Waals surface area contributed by atoms with E-state index < -0.39 is 60.2 Å². The van der Waals surface area contributed by atoms with E-state index in [2.05, 4.69) is 10.6 Å². The van der Waals surface area contributed by atoms with Gasteiger partial charge in [0.05, 0.1) is 0 Å². The monoisotopic (exact) mass is 572 g/mol. The highest BCUT2D eigenvalue weighted by atomic mass is 16.7. The highest BCUT2D eigenvalue weighted by Gasteiger charge is 2.32. The van der Waals surface area contributed by atoms with Crippen LogP contribution < -0.4 is 16.0 Å². The Hall–Kier alpha value is -4.24. The summed E-state index contributed by atoms with van der Waals surface area (Å²) in [6, 6.07) is -3.85. The molecule has 16 heteroatoms. The van der Waals surface area contributed by atoms with Gasteiger partial charge in [-0.05, 0) is 38.5 Å². The van der Waals surface area contributed by atoms with Crippen molar-refractivity contribution in [2.24, 2.45) is 0 Å². The molecule has 1 fully saturated rings. The highest BCUT2D eigenvalue weighted by Crippen LogP contribution is 2.14. The largest absolute Gasteiger partial charge is 0.481 e.